The van der Waals surface area contributed by atoms with Crippen LogP contribution in [0.3, 0.4) is 0 Å². The van der Waals surface area contributed by atoms with Crippen molar-refractivity contribution in [3.63, 3.8) is 0 Å². The monoisotopic (exact) mass is 238 g/mol. The molecule has 17 heavy (non-hydrogen) atoms. The zero-order valence-corrected chi connectivity index (χ0v) is 9.58. The van der Waals surface area contributed by atoms with Crippen LogP contribution in [0.15, 0.2) is 23.7 Å². The molecule has 1 heterocycles. The minimum atomic E-state index is -1.95. The lowest BCUT2D eigenvalue weighted by atomic mass is 9.67. The van der Waals surface area contributed by atoms with Gasteiger partial charge >= 0.3 is 0 Å². The number of aldehydes is 1. The fourth-order valence-electron chi connectivity index (χ4n) is 2.29. The Morgan fingerprint density at radius 1 is 1.53 bits per heavy atom. The van der Waals surface area contributed by atoms with E-state index in [1.165, 1.54) is 13.2 Å². The predicted molar refractivity (Wildman–Crippen MR) is 57.6 cm³/mol. The molecule has 0 radical (unpaired) electrons. The number of fused-ring (bicyclic) bond motifs is 1. The van der Waals surface area contributed by atoms with Crippen LogP contribution in [0.5, 0.6) is 0 Å². The van der Waals surface area contributed by atoms with Crippen molar-refractivity contribution in [2.75, 3.05) is 0 Å². The SMILES string of the molecule is CC1=CC2C(=CO1)[C@H](O)[C@@](C)(O)C(=O)C2C=O. The molecular formula is C12H14O5. The van der Waals surface area contributed by atoms with Gasteiger partial charge in [-0.2, -0.15) is 0 Å². The van der Waals surface area contributed by atoms with E-state index >= 15 is 0 Å². The van der Waals surface area contributed by atoms with Crippen molar-refractivity contribution in [3.05, 3.63) is 23.7 Å². The molecule has 4 atom stereocenters. The number of aliphatic hydroxyl groups is 2. The van der Waals surface area contributed by atoms with Crippen molar-refractivity contribution in [2.24, 2.45) is 11.8 Å². The number of Topliss-reactive ketones (excluding diaryl/α,β-unsaturated/α-hetero) is 1. The molecule has 92 valence electrons. The molecule has 1 aliphatic carbocycles. The van der Waals surface area contributed by atoms with Crippen LogP contribution in [0.25, 0.3) is 0 Å². The first kappa shape index (κ1) is 12.0. The smallest absolute Gasteiger partial charge is 0.178 e. The van der Waals surface area contributed by atoms with Gasteiger partial charge in [0.15, 0.2) is 11.4 Å². The Bertz CT molecular complexity index is 432. The molecule has 2 rings (SSSR count). The van der Waals surface area contributed by atoms with Crippen molar-refractivity contribution < 1.29 is 24.5 Å². The normalized spacial score (nSPS) is 40.9. The first-order valence-corrected chi connectivity index (χ1v) is 5.34. The van der Waals surface area contributed by atoms with Gasteiger partial charge in [-0.25, -0.2) is 0 Å². The number of rotatable bonds is 1. The van der Waals surface area contributed by atoms with E-state index in [1.807, 2.05) is 0 Å². The van der Waals surface area contributed by atoms with Crippen molar-refractivity contribution in [1.29, 1.82) is 0 Å². The summed E-state index contributed by atoms with van der Waals surface area (Å²) in [5.41, 5.74) is -1.59. The lowest BCUT2D eigenvalue weighted by Gasteiger charge is -2.41. The summed E-state index contributed by atoms with van der Waals surface area (Å²) in [4.78, 5) is 22.9. The van der Waals surface area contributed by atoms with Crippen LogP contribution in [0, 0.1) is 11.8 Å². The quantitative estimate of drug-likeness (QED) is 0.493. The average molecular weight is 238 g/mol. The molecule has 0 aromatic heterocycles. The van der Waals surface area contributed by atoms with Gasteiger partial charge in [0.25, 0.3) is 0 Å². The highest BCUT2D eigenvalue weighted by Crippen LogP contribution is 2.40. The van der Waals surface area contributed by atoms with E-state index in [4.69, 9.17) is 4.74 Å². The zero-order chi connectivity index (χ0) is 12.8. The molecule has 2 N–H and O–H groups in total. The summed E-state index contributed by atoms with van der Waals surface area (Å²) in [6.45, 7) is 2.90. The molecule has 5 nitrogen and oxygen atoms in total. The summed E-state index contributed by atoms with van der Waals surface area (Å²) in [5.74, 6) is -1.59. The third-order valence-electron chi connectivity index (χ3n) is 3.36. The van der Waals surface area contributed by atoms with Gasteiger partial charge < -0.3 is 19.7 Å². The molecule has 2 aliphatic rings. The summed E-state index contributed by atoms with van der Waals surface area (Å²) in [6.07, 6.45) is 2.09. The predicted octanol–water partition coefficient (Wildman–Crippen LogP) is -0.0698. The van der Waals surface area contributed by atoms with E-state index in [9.17, 15) is 19.8 Å². The van der Waals surface area contributed by atoms with E-state index in [2.05, 4.69) is 0 Å². The van der Waals surface area contributed by atoms with Crippen LogP contribution >= 0.6 is 0 Å². The molecule has 0 aromatic rings. The second-order valence-electron chi connectivity index (χ2n) is 4.61. The highest BCUT2D eigenvalue weighted by molar-refractivity contribution is 6.01. The number of carbonyl (C=O) groups is 2. The standard InChI is InChI=1S/C12H14O5/c1-6-3-7-8(4-13)10(14)12(2,16)11(15)9(7)5-17-6/h3-5,7-8,11,15-16H,1-2H3/t7?,8?,11-,12-/m0/s1. The number of ether oxygens (including phenoxy) is 1. The van der Waals surface area contributed by atoms with Crippen molar-refractivity contribution in [2.45, 2.75) is 25.6 Å². The molecule has 1 saturated carbocycles. The number of carbonyl (C=O) groups excluding carboxylic acids is 2. The van der Waals surface area contributed by atoms with Gasteiger partial charge in [0.1, 0.15) is 12.4 Å². The third-order valence-corrected chi connectivity index (χ3v) is 3.36. The molecular weight excluding hydrogens is 224 g/mol. The lowest BCUT2D eigenvalue weighted by Crippen LogP contribution is -2.58. The minimum Gasteiger partial charge on any atom is -0.470 e. The van der Waals surface area contributed by atoms with Gasteiger partial charge in [-0.3, -0.25) is 4.79 Å². The number of aliphatic hydroxyl groups excluding tert-OH is 1. The van der Waals surface area contributed by atoms with Gasteiger partial charge in [-0.15, -0.1) is 0 Å². The largest absolute Gasteiger partial charge is 0.470 e. The number of ketones is 1. The Morgan fingerprint density at radius 2 is 2.18 bits per heavy atom. The van der Waals surface area contributed by atoms with E-state index in [0.717, 1.165) is 0 Å². The van der Waals surface area contributed by atoms with Crippen LogP contribution in [-0.4, -0.2) is 34.0 Å². The summed E-state index contributed by atoms with van der Waals surface area (Å²) in [7, 11) is 0. The first-order valence-electron chi connectivity index (χ1n) is 5.34. The topological polar surface area (TPSA) is 83.8 Å². The highest BCUT2D eigenvalue weighted by atomic mass is 16.5. The Balaban J connectivity index is 2.49. The number of allylic oxidation sites excluding steroid dienone is 2. The molecule has 0 spiro atoms. The Kier molecular flexibility index (Phi) is 2.67. The van der Waals surface area contributed by atoms with Gasteiger partial charge in [0.05, 0.1) is 17.9 Å². The van der Waals surface area contributed by atoms with Crippen LogP contribution in [0.4, 0.5) is 0 Å². The maximum absolute atomic E-state index is 11.9. The van der Waals surface area contributed by atoms with Gasteiger partial charge in [0.2, 0.25) is 0 Å². The number of hydrogen-bond acceptors (Lipinski definition) is 5. The highest BCUT2D eigenvalue weighted by Gasteiger charge is 2.53. The van der Waals surface area contributed by atoms with E-state index < -0.39 is 29.3 Å². The van der Waals surface area contributed by atoms with Crippen LogP contribution in [0.2, 0.25) is 0 Å². The molecule has 1 aliphatic heterocycles. The van der Waals surface area contributed by atoms with Crippen molar-refractivity contribution >= 4 is 12.1 Å². The Hall–Kier alpha value is -1.46. The van der Waals surface area contributed by atoms with Crippen molar-refractivity contribution in [3.8, 4) is 0 Å². The Morgan fingerprint density at radius 3 is 2.76 bits per heavy atom. The van der Waals surface area contributed by atoms with Gasteiger partial charge in [-0.05, 0) is 19.9 Å². The molecule has 5 heteroatoms. The summed E-state index contributed by atoms with van der Waals surface area (Å²) < 4.78 is 5.14. The molecule has 1 fully saturated rings. The maximum Gasteiger partial charge on any atom is 0.178 e. The van der Waals surface area contributed by atoms with Crippen LogP contribution in [0.1, 0.15) is 13.8 Å². The second kappa shape index (κ2) is 3.78. The van der Waals surface area contributed by atoms with Gasteiger partial charge in [-0.1, -0.05) is 0 Å². The molecule has 0 amide bonds. The Labute approximate surface area is 98.4 Å². The molecule has 0 saturated heterocycles. The third kappa shape index (κ3) is 1.62. The van der Waals surface area contributed by atoms with Crippen LogP contribution < -0.4 is 0 Å². The minimum absolute atomic E-state index is 0.359. The summed E-state index contributed by atoms with van der Waals surface area (Å²) in [5, 5.41) is 19.9. The number of hydrogen-bond donors (Lipinski definition) is 2. The maximum atomic E-state index is 11.9. The van der Waals surface area contributed by atoms with Gasteiger partial charge in [0, 0.05) is 11.5 Å². The molecule has 0 bridgehead atoms. The van der Waals surface area contributed by atoms with E-state index in [-0.39, 0.29) is 0 Å². The molecule has 0 aromatic carbocycles. The molecule has 2 unspecified atom stereocenters. The first-order chi connectivity index (χ1) is 7.89. The van der Waals surface area contributed by atoms with E-state index in [1.54, 1.807) is 13.0 Å². The lowest BCUT2D eigenvalue weighted by molar-refractivity contribution is -0.156. The van der Waals surface area contributed by atoms with E-state index in [0.29, 0.717) is 17.6 Å². The zero-order valence-electron chi connectivity index (χ0n) is 9.58. The second-order valence-corrected chi connectivity index (χ2v) is 4.61. The summed E-state index contributed by atoms with van der Waals surface area (Å²) in [6, 6.07) is 0. The summed E-state index contributed by atoms with van der Waals surface area (Å²) >= 11 is 0. The average Bonchev–Trinajstić information content (AvgIpc) is 2.28. The van der Waals surface area contributed by atoms with Crippen molar-refractivity contribution in [1.82, 2.24) is 0 Å². The van der Waals surface area contributed by atoms with Crippen LogP contribution in [-0.2, 0) is 14.3 Å². The fourth-order valence-corrected chi connectivity index (χ4v) is 2.29. The fraction of sp³-hybridized carbons (Fsp3) is 0.500.